The van der Waals surface area contributed by atoms with E-state index < -0.39 is 15.6 Å². The lowest BCUT2D eigenvalue weighted by molar-refractivity contribution is 0.111. The van der Waals surface area contributed by atoms with Gasteiger partial charge in [-0.15, -0.1) is 0 Å². The van der Waals surface area contributed by atoms with Crippen LogP contribution in [0.4, 0.5) is 0 Å². The molecule has 0 rings (SSSR count). The van der Waals surface area contributed by atoms with E-state index in [2.05, 4.69) is 0 Å². The van der Waals surface area contributed by atoms with Gasteiger partial charge in [-0.2, -0.15) is 8.42 Å². The molecule has 0 heterocycles. The molecule has 0 bridgehead atoms. The fraction of sp³-hybridized carbons (Fsp3) is 1.00. The summed E-state index contributed by atoms with van der Waals surface area (Å²) >= 11 is 0. The van der Waals surface area contributed by atoms with Crippen molar-refractivity contribution >= 4 is 10.1 Å². The van der Waals surface area contributed by atoms with Crippen molar-refractivity contribution in [2.45, 2.75) is 25.7 Å². The molecule has 0 aliphatic carbocycles. The van der Waals surface area contributed by atoms with Crippen LogP contribution in [0.5, 0.6) is 0 Å². The van der Waals surface area contributed by atoms with E-state index in [1.54, 1.807) is 0 Å². The zero-order valence-electron chi connectivity index (χ0n) is 6.07. The first-order chi connectivity index (χ1) is 4.48. The molecular formula is C5H12O4S. The maximum Gasteiger partial charge on any atom is 0.291 e. The lowest BCUT2D eigenvalue weighted by Gasteiger charge is -2.07. The van der Waals surface area contributed by atoms with E-state index in [9.17, 15) is 8.42 Å². The minimum absolute atomic E-state index is 0.348. The molecule has 62 valence electrons. The summed E-state index contributed by atoms with van der Waals surface area (Å²) in [7, 11) is -4.00. The van der Waals surface area contributed by atoms with Gasteiger partial charge in [0.15, 0.2) is 5.44 Å². The zero-order valence-corrected chi connectivity index (χ0v) is 6.89. The van der Waals surface area contributed by atoms with E-state index >= 15 is 0 Å². The van der Waals surface area contributed by atoms with Gasteiger partial charge in [-0.05, 0) is 13.3 Å². The van der Waals surface area contributed by atoms with Crippen molar-refractivity contribution in [2.75, 3.05) is 6.61 Å². The van der Waals surface area contributed by atoms with Crippen LogP contribution in [0.2, 0.25) is 0 Å². The highest BCUT2D eigenvalue weighted by Gasteiger charge is 2.16. The van der Waals surface area contributed by atoms with Crippen molar-refractivity contribution in [1.29, 1.82) is 0 Å². The predicted molar refractivity (Wildman–Crippen MR) is 37.3 cm³/mol. The third-order valence-corrected chi connectivity index (χ3v) is 1.95. The van der Waals surface area contributed by atoms with E-state index in [0.29, 0.717) is 6.61 Å². The topological polar surface area (TPSA) is 63.6 Å². The maximum atomic E-state index is 10.3. The van der Waals surface area contributed by atoms with Crippen LogP contribution in [-0.2, 0) is 14.9 Å². The number of ether oxygens (including phenoxy) is 1. The van der Waals surface area contributed by atoms with Crippen molar-refractivity contribution in [3.05, 3.63) is 0 Å². The summed E-state index contributed by atoms with van der Waals surface area (Å²) in [4.78, 5) is 0. The standard InChI is InChI=1S/C5H12O4S/c1-3-4-9-5(2)10(6,7)8/h5H,3-4H2,1-2H3,(H,6,7,8). The molecule has 0 aliphatic heterocycles. The average molecular weight is 168 g/mol. The highest BCUT2D eigenvalue weighted by Crippen LogP contribution is 1.99. The zero-order chi connectivity index (χ0) is 8.20. The first kappa shape index (κ1) is 9.87. The molecule has 5 heteroatoms. The molecule has 0 saturated heterocycles. The fourth-order valence-electron chi connectivity index (χ4n) is 0.370. The monoisotopic (exact) mass is 168 g/mol. The highest BCUT2D eigenvalue weighted by atomic mass is 32.2. The SMILES string of the molecule is CCCOC(C)S(=O)(=O)O. The molecule has 1 unspecified atom stereocenters. The second-order valence-corrected chi connectivity index (χ2v) is 3.65. The summed E-state index contributed by atoms with van der Waals surface area (Å²) in [5.41, 5.74) is -1.10. The second kappa shape index (κ2) is 3.90. The summed E-state index contributed by atoms with van der Waals surface area (Å²) in [6, 6.07) is 0. The molecule has 0 saturated carbocycles. The number of hydrogen-bond acceptors (Lipinski definition) is 3. The van der Waals surface area contributed by atoms with Crippen molar-refractivity contribution in [1.82, 2.24) is 0 Å². The first-order valence-electron chi connectivity index (χ1n) is 3.06. The first-order valence-corrected chi connectivity index (χ1v) is 4.56. The molecule has 0 aliphatic rings. The van der Waals surface area contributed by atoms with Crippen LogP contribution in [0.1, 0.15) is 20.3 Å². The molecule has 4 nitrogen and oxygen atoms in total. The van der Waals surface area contributed by atoms with E-state index in [1.807, 2.05) is 6.92 Å². The number of rotatable bonds is 4. The van der Waals surface area contributed by atoms with Crippen LogP contribution in [0.25, 0.3) is 0 Å². The lowest BCUT2D eigenvalue weighted by Crippen LogP contribution is -2.20. The quantitative estimate of drug-likeness (QED) is 0.626. The Morgan fingerprint density at radius 3 is 2.40 bits per heavy atom. The van der Waals surface area contributed by atoms with E-state index in [1.165, 1.54) is 6.92 Å². The van der Waals surface area contributed by atoms with Gasteiger partial charge in [0.25, 0.3) is 10.1 Å². The minimum Gasteiger partial charge on any atom is -0.360 e. The molecule has 0 fully saturated rings. The van der Waals surface area contributed by atoms with Crippen molar-refractivity contribution < 1.29 is 17.7 Å². The van der Waals surface area contributed by atoms with Gasteiger partial charge in [0.2, 0.25) is 0 Å². The molecule has 0 radical (unpaired) electrons. The third-order valence-electron chi connectivity index (χ3n) is 0.976. The van der Waals surface area contributed by atoms with Crippen LogP contribution in [0, 0.1) is 0 Å². The highest BCUT2D eigenvalue weighted by molar-refractivity contribution is 7.86. The van der Waals surface area contributed by atoms with Crippen LogP contribution >= 0.6 is 0 Å². The summed E-state index contributed by atoms with van der Waals surface area (Å²) in [6.07, 6.45) is 0.736. The van der Waals surface area contributed by atoms with E-state index in [0.717, 1.165) is 6.42 Å². The normalized spacial score (nSPS) is 15.1. The van der Waals surface area contributed by atoms with Crippen molar-refractivity contribution in [3.63, 3.8) is 0 Å². The summed E-state index contributed by atoms with van der Waals surface area (Å²) in [5.74, 6) is 0. The van der Waals surface area contributed by atoms with Crippen molar-refractivity contribution in [2.24, 2.45) is 0 Å². The van der Waals surface area contributed by atoms with Gasteiger partial charge in [-0.1, -0.05) is 6.92 Å². The molecule has 10 heavy (non-hydrogen) atoms. The molecule has 1 atom stereocenters. The van der Waals surface area contributed by atoms with Gasteiger partial charge in [-0.25, -0.2) is 0 Å². The third kappa shape index (κ3) is 3.81. The van der Waals surface area contributed by atoms with E-state index in [-0.39, 0.29) is 0 Å². The van der Waals surface area contributed by atoms with Crippen molar-refractivity contribution in [3.8, 4) is 0 Å². The number of hydrogen-bond donors (Lipinski definition) is 1. The second-order valence-electron chi connectivity index (χ2n) is 1.95. The minimum atomic E-state index is -4.00. The molecule has 0 spiro atoms. The lowest BCUT2D eigenvalue weighted by atomic mass is 10.5. The maximum absolute atomic E-state index is 10.3. The van der Waals surface area contributed by atoms with Crippen LogP contribution in [0.3, 0.4) is 0 Å². The Morgan fingerprint density at radius 1 is 1.60 bits per heavy atom. The smallest absolute Gasteiger partial charge is 0.291 e. The Hall–Kier alpha value is -0.130. The predicted octanol–water partition coefficient (Wildman–Crippen LogP) is 0.647. The molecule has 1 N–H and O–H groups in total. The molecule has 0 aromatic heterocycles. The van der Waals surface area contributed by atoms with E-state index in [4.69, 9.17) is 9.29 Å². The molecule has 0 aromatic carbocycles. The molecular weight excluding hydrogens is 156 g/mol. The average Bonchev–Trinajstić information content (AvgIpc) is 1.80. The van der Waals surface area contributed by atoms with Gasteiger partial charge >= 0.3 is 0 Å². The Labute approximate surface area is 60.9 Å². The van der Waals surface area contributed by atoms with Crippen LogP contribution in [-0.4, -0.2) is 25.0 Å². The van der Waals surface area contributed by atoms with Gasteiger partial charge in [-0.3, -0.25) is 4.55 Å². The van der Waals surface area contributed by atoms with Crippen LogP contribution in [0.15, 0.2) is 0 Å². The Kier molecular flexibility index (Phi) is 3.85. The summed E-state index contributed by atoms with van der Waals surface area (Å²) in [5, 5.41) is 0. The Morgan fingerprint density at radius 2 is 2.10 bits per heavy atom. The summed E-state index contributed by atoms with van der Waals surface area (Å²) in [6.45, 7) is 3.50. The van der Waals surface area contributed by atoms with Gasteiger partial charge in [0.1, 0.15) is 0 Å². The van der Waals surface area contributed by atoms with Gasteiger partial charge in [0.05, 0.1) is 0 Å². The molecule has 0 amide bonds. The van der Waals surface area contributed by atoms with Crippen LogP contribution < -0.4 is 0 Å². The van der Waals surface area contributed by atoms with Gasteiger partial charge < -0.3 is 4.74 Å². The Bertz CT molecular complexity index is 172. The largest absolute Gasteiger partial charge is 0.360 e. The Balaban J connectivity index is 3.75. The fourth-order valence-corrected chi connectivity index (χ4v) is 0.638. The summed E-state index contributed by atoms with van der Waals surface area (Å²) < 4.78 is 33.6. The molecule has 0 aromatic rings. The van der Waals surface area contributed by atoms with Gasteiger partial charge in [0, 0.05) is 6.61 Å².